The van der Waals surface area contributed by atoms with Crippen LogP contribution in [0.2, 0.25) is 5.15 Å². The van der Waals surface area contributed by atoms with E-state index in [0.29, 0.717) is 16.6 Å². The SMILES string of the molecule is O=Cc1cnc2nc(Cl)ccn12. The molecule has 2 rings (SSSR count). The van der Waals surface area contributed by atoms with Gasteiger partial charge in [-0.2, -0.15) is 0 Å². The minimum atomic E-state index is 0.366. The van der Waals surface area contributed by atoms with E-state index in [2.05, 4.69) is 9.97 Å². The largest absolute Gasteiger partial charge is 0.296 e. The Balaban J connectivity index is 2.81. The van der Waals surface area contributed by atoms with E-state index in [4.69, 9.17) is 11.6 Å². The van der Waals surface area contributed by atoms with Crippen LogP contribution in [0.25, 0.3) is 5.78 Å². The second-order valence-electron chi connectivity index (χ2n) is 2.22. The molecule has 0 saturated heterocycles. The summed E-state index contributed by atoms with van der Waals surface area (Å²) in [5.74, 6) is 0.435. The Hall–Kier alpha value is -1.42. The zero-order valence-corrected chi connectivity index (χ0v) is 6.69. The summed E-state index contributed by atoms with van der Waals surface area (Å²) in [6.07, 6.45) is 3.82. The first-order valence-electron chi connectivity index (χ1n) is 3.26. The molecule has 60 valence electrons. The first kappa shape index (κ1) is 7.24. The number of aromatic nitrogens is 3. The first-order chi connectivity index (χ1) is 5.81. The minimum absolute atomic E-state index is 0.366. The van der Waals surface area contributed by atoms with Crippen LogP contribution in [0.1, 0.15) is 10.5 Å². The molecule has 5 heteroatoms. The fourth-order valence-electron chi connectivity index (χ4n) is 0.955. The predicted octanol–water partition coefficient (Wildman–Crippen LogP) is 1.20. The van der Waals surface area contributed by atoms with Crippen molar-refractivity contribution in [3.8, 4) is 0 Å². The summed E-state index contributed by atoms with van der Waals surface area (Å²) in [7, 11) is 0. The molecule has 0 unspecified atom stereocenters. The van der Waals surface area contributed by atoms with Crippen molar-refractivity contribution in [3.63, 3.8) is 0 Å². The van der Waals surface area contributed by atoms with Crippen molar-refractivity contribution in [3.05, 3.63) is 29.3 Å². The second-order valence-corrected chi connectivity index (χ2v) is 2.61. The summed E-state index contributed by atoms with van der Waals surface area (Å²) in [5.41, 5.74) is 0.467. The lowest BCUT2D eigenvalue weighted by Gasteiger charge is -1.92. The van der Waals surface area contributed by atoms with Crippen molar-refractivity contribution < 1.29 is 4.79 Å². The fourth-order valence-corrected chi connectivity index (χ4v) is 1.09. The third-order valence-electron chi connectivity index (χ3n) is 1.49. The second kappa shape index (κ2) is 2.57. The Morgan fingerprint density at radius 2 is 2.42 bits per heavy atom. The predicted molar refractivity (Wildman–Crippen MR) is 43.4 cm³/mol. The number of aldehydes is 1. The Kier molecular flexibility index (Phi) is 1.55. The maximum Gasteiger partial charge on any atom is 0.235 e. The number of hydrogen-bond donors (Lipinski definition) is 0. The summed E-state index contributed by atoms with van der Waals surface area (Å²) >= 11 is 5.62. The molecule has 0 saturated carbocycles. The van der Waals surface area contributed by atoms with Crippen LogP contribution in [-0.4, -0.2) is 20.7 Å². The molecular weight excluding hydrogens is 178 g/mol. The van der Waals surface area contributed by atoms with Crippen molar-refractivity contribution in [1.82, 2.24) is 14.4 Å². The maximum absolute atomic E-state index is 10.4. The first-order valence-corrected chi connectivity index (χ1v) is 3.64. The normalized spacial score (nSPS) is 10.4. The van der Waals surface area contributed by atoms with Gasteiger partial charge in [-0.15, -0.1) is 0 Å². The van der Waals surface area contributed by atoms with Crippen molar-refractivity contribution in [2.24, 2.45) is 0 Å². The average Bonchev–Trinajstić information content (AvgIpc) is 2.46. The van der Waals surface area contributed by atoms with Crippen LogP contribution >= 0.6 is 11.6 Å². The molecule has 0 bridgehead atoms. The van der Waals surface area contributed by atoms with Gasteiger partial charge in [0.2, 0.25) is 5.78 Å². The lowest BCUT2D eigenvalue weighted by molar-refractivity contribution is 0.111. The highest BCUT2D eigenvalue weighted by Gasteiger charge is 2.02. The van der Waals surface area contributed by atoms with E-state index in [0.717, 1.165) is 6.29 Å². The third kappa shape index (κ3) is 0.967. The highest BCUT2D eigenvalue weighted by Crippen LogP contribution is 2.07. The van der Waals surface area contributed by atoms with Gasteiger partial charge in [0.1, 0.15) is 10.8 Å². The van der Waals surface area contributed by atoms with Gasteiger partial charge in [0.25, 0.3) is 0 Å². The molecule has 2 aromatic heterocycles. The minimum Gasteiger partial charge on any atom is -0.296 e. The van der Waals surface area contributed by atoms with Crippen LogP contribution in [0.15, 0.2) is 18.5 Å². The molecule has 0 atom stereocenters. The standard InChI is InChI=1S/C7H4ClN3O/c8-6-1-2-11-5(4-12)3-9-7(11)10-6/h1-4H. The number of rotatable bonds is 1. The Morgan fingerprint density at radius 3 is 3.17 bits per heavy atom. The van der Waals surface area contributed by atoms with Gasteiger partial charge < -0.3 is 0 Å². The summed E-state index contributed by atoms with van der Waals surface area (Å²) in [6, 6.07) is 1.60. The molecule has 0 amide bonds. The number of carbonyl (C=O) groups excluding carboxylic acids is 1. The Morgan fingerprint density at radius 1 is 1.58 bits per heavy atom. The van der Waals surface area contributed by atoms with Crippen LogP contribution in [0.3, 0.4) is 0 Å². The highest BCUT2D eigenvalue weighted by atomic mass is 35.5. The molecular formula is C7H4ClN3O. The molecule has 2 aromatic rings. The van der Waals surface area contributed by atoms with Crippen molar-refractivity contribution >= 4 is 23.7 Å². The number of carbonyl (C=O) groups is 1. The molecule has 0 spiro atoms. The van der Waals surface area contributed by atoms with Gasteiger partial charge in [-0.05, 0) is 6.07 Å². The number of hydrogen-bond acceptors (Lipinski definition) is 3. The molecule has 2 heterocycles. The summed E-state index contributed by atoms with van der Waals surface area (Å²) in [6.45, 7) is 0. The van der Waals surface area contributed by atoms with Crippen LogP contribution in [0, 0.1) is 0 Å². The molecule has 4 nitrogen and oxygen atoms in total. The molecule has 0 aliphatic carbocycles. The molecule has 0 N–H and O–H groups in total. The molecule has 0 fully saturated rings. The number of nitrogens with zero attached hydrogens (tertiary/aromatic N) is 3. The zero-order chi connectivity index (χ0) is 8.55. The van der Waals surface area contributed by atoms with E-state index in [-0.39, 0.29) is 0 Å². The van der Waals surface area contributed by atoms with Gasteiger partial charge in [0.15, 0.2) is 6.29 Å². The van der Waals surface area contributed by atoms with Crippen molar-refractivity contribution in [2.45, 2.75) is 0 Å². The smallest absolute Gasteiger partial charge is 0.235 e. The van der Waals surface area contributed by atoms with E-state index >= 15 is 0 Å². The number of halogens is 1. The van der Waals surface area contributed by atoms with Gasteiger partial charge in [-0.25, -0.2) is 9.97 Å². The van der Waals surface area contributed by atoms with E-state index in [1.165, 1.54) is 6.20 Å². The quantitative estimate of drug-likeness (QED) is 0.491. The average molecular weight is 182 g/mol. The topological polar surface area (TPSA) is 47.3 Å². The van der Waals surface area contributed by atoms with Gasteiger partial charge in [-0.1, -0.05) is 11.6 Å². The number of fused-ring (bicyclic) bond motifs is 1. The van der Waals surface area contributed by atoms with Crippen molar-refractivity contribution in [1.29, 1.82) is 0 Å². The number of imidazole rings is 1. The monoisotopic (exact) mass is 181 g/mol. The van der Waals surface area contributed by atoms with Crippen LogP contribution in [-0.2, 0) is 0 Å². The summed E-state index contributed by atoms with van der Waals surface area (Å²) in [4.78, 5) is 18.2. The van der Waals surface area contributed by atoms with Gasteiger partial charge in [0.05, 0.1) is 6.20 Å². The maximum atomic E-state index is 10.4. The molecule has 0 aromatic carbocycles. The molecule has 0 aliphatic rings. The fraction of sp³-hybridized carbons (Fsp3) is 0. The van der Waals surface area contributed by atoms with E-state index in [1.54, 1.807) is 16.7 Å². The summed E-state index contributed by atoms with van der Waals surface area (Å²) < 4.78 is 1.57. The third-order valence-corrected chi connectivity index (χ3v) is 1.71. The lowest BCUT2D eigenvalue weighted by atomic mass is 10.5. The van der Waals surface area contributed by atoms with Crippen LogP contribution in [0.4, 0.5) is 0 Å². The van der Waals surface area contributed by atoms with E-state index in [9.17, 15) is 4.79 Å². The lowest BCUT2D eigenvalue weighted by Crippen LogP contribution is -1.91. The Bertz CT molecular complexity index is 437. The van der Waals surface area contributed by atoms with Gasteiger partial charge >= 0.3 is 0 Å². The summed E-state index contributed by atoms with van der Waals surface area (Å²) in [5, 5.41) is 0.366. The molecule has 0 aliphatic heterocycles. The van der Waals surface area contributed by atoms with Crippen LogP contribution in [0.5, 0.6) is 0 Å². The zero-order valence-electron chi connectivity index (χ0n) is 5.94. The molecule has 12 heavy (non-hydrogen) atoms. The van der Waals surface area contributed by atoms with E-state index < -0.39 is 0 Å². The van der Waals surface area contributed by atoms with E-state index in [1.807, 2.05) is 0 Å². The Labute approximate surface area is 72.8 Å². The highest BCUT2D eigenvalue weighted by molar-refractivity contribution is 6.29. The van der Waals surface area contributed by atoms with Crippen molar-refractivity contribution in [2.75, 3.05) is 0 Å². The van der Waals surface area contributed by atoms with Crippen LogP contribution < -0.4 is 0 Å². The van der Waals surface area contributed by atoms with Gasteiger partial charge in [-0.3, -0.25) is 9.20 Å². The molecule has 0 radical (unpaired) electrons. The van der Waals surface area contributed by atoms with Gasteiger partial charge in [0, 0.05) is 6.20 Å².